The van der Waals surface area contributed by atoms with E-state index in [1.807, 2.05) is 0 Å². The van der Waals surface area contributed by atoms with Gasteiger partial charge in [0.1, 0.15) is 48.3 Å². The van der Waals surface area contributed by atoms with E-state index in [1.54, 1.807) is 13.8 Å². The van der Waals surface area contributed by atoms with E-state index < -0.39 is 146 Å². The Labute approximate surface area is 333 Å². The van der Waals surface area contributed by atoms with Gasteiger partial charge in [0.25, 0.3) is 0 Å². The number of carbonyl (C=O) groups excluding carboxylic acids is 8. The van der Waals surface area contributed by atoms with Gasteiger partial charge in [-0.05, 0) is 52.4 Å². The number of likely N-dealkylation sites (tertiary alicyclic amines) is 1. The SMILES string of the molecule is CC(C)C[C@H](NC(=O)[C@H](CC(N)=O)NC(=O)[C@H](C)NC(=O)[C@H](CO)NC(=O)[C@H](CCC(=O)O)NC(=O)[C@@H]1CCCN1C(=O)[C@@H](NC(=O)[C@@H](N)[C@@H](C)O)[C@@H](C)O)C(=O)O. The van der Waals surface area contributed by atoms with E-state index >= 15 is 0 Å². The summed E-state index contributed by atoms with van der Waals surface area (Å²) >= 11 is 0. The lowest BCUT2D eigenvalue weighted by Crippen LogP contribution is -2.61. The molecule has 0 aromatic rings. The fourth-order valence-corrected chi connectivity index (χ4v) is 5.66. The lowest BCUT2D eigenvalue weighted by Gasteiger charge is -2.31. The van der Waals surface area contributed by atoms with Crippen LogP contribution < -0.4 is 43.4 Å². The second-order valence-electron chi connectivity index (χ2n) is 14.4. The average Bonchev–Trinajstić information content (AvgIpc) is 3.62. The van der Waals surface area contributed by atoms with Crippen molar-refractivity contribution in [3.8, 4) is 0 Å². The minimum absolute atomic E-state index is 0.0160. The van der Waals surface area contributed by atoms with Crippen LogP contribution in [0.15, 0.2) is 0 Å². The molecule has 1 fully saturated rings. The second-order valence-corrected chi connectivity index (χ2v) is 14.4. The fourth-order valence-electron chi connectivity index (χ4n) is 5.66. The molecule has 0 bridgehead atoms. The standard InChI is InChI=1S/C34H57N9O15/c1-14(2)11-20(34(57)58)40-29(52)19(12-23(35)47)39-27(50)15(3)37-30(53)21(13-44)41-28(51)18(8-9-24(48)49)38-31(54)22-7-6-10-43(22)33(56)26(17(5)46)42-32(55)25(36)16(4)45/h14-22,25-26,44-46H,6-13,36H2,1-5H3,(H2,35,47)(H,37,53)(H,38,54)(H,39,50)(H,40,52)(H,41,51)(H,42,55)(H,48,49)(H,57,58)/t15-,16+,17+,18-,19-,20-,21-,22-,25-,26-/m0/s1. The number of amides is 8. The Bertz CT molecular complexity index is 1530. The van der Waals surface area contributed by atoms with Crippen LogP contribution in [0.2, 0.25) is 0 Å². The van der Waals surface area contributed by atoms with Crippen molar-refractivity contribution in [2.45, 2.75) is 134 Å². The van der Waals surface area contributed by atoms with Gasteiger partial charge in [0.05, 0.1) is 25.2 Å². The summed E-state index contributed by atoms with van der Waals surface area (Å²) in [5, 5.41) is 62.0. The topological polar surface area (TPSA) is 399 Å². The molecule has 0 aliphatic carbocycles. The first kappa shape index (κ1) is 50.6. The smallest absolute Gasteiger partial charge is 0.326 e. The summed E-state index contributed by atoms with van der Waals surface area (Å²) in [6.07, 6.45) is -4.36. The predicted molar refractivity (Wildman–Crippen MR) is 198 cm³/mol. The summed E-state index contributed by atoms with van der Waals surface area (Å²) in [6.45, 7) is 5.90. The molecular weight excluding hydrogens is 774 g/mol. The molecule has 0 spiro atoms. The molecular formula is C34H57N9O15. The van der Waals surface area contributed by atoms with Crippen molar-refractivity contribution >= 4 is 59.2 Å². The van der Waals surface area contributed by atoms with Gasteiger partial charge in [0.2, 0.25) is 47.3 Å². The number of aliphatic hydroxyl groups is 3. The minimum atomic E-state index is -1.79. The molecule has 1 aliphatic heterocycles. The van der Waals surface area contributed by atoms with Crippen LogP contribution in [-0.4, -0.2) is 163 Å². The molecule has 1 saturated heterocycles. The first-order valence-electron chi connectivity index (χ1n) is 18.5. The third-order valence-electron chi connectivity index (χ3n) is 8.91. The summed E-state index contributed by atoms with van der Waals surface area (Å²) in [5.74, 6) is -11.1. The Morgan fingerprint density at radius 1 is 0.707 bits per heavy atom. The quantitative estimate of drug-likeness (QED) is 0.0430. The number of aliphatic carboxylic acids is 2. The molecule has 1 rings (SSSR count). The normalized spacial score (nSPS) is 18.4. The number of nitrogens with two attached hydrogens (primary N) is 2. The first-order valence-corrected chi connectivity index (χ1v) is 18.5. The summed E-state index contributed by atoms with van der Waals surface area (Å²) in [7, 11) is 0. The van der Waals surface area contributed by atoms with Crippen molar-refractivity contribution in [2.75, 3.05) is 13.2 Å². The summed E-state index contributed by atoms with van der Waals surface area (Å²) in [5.41, 5.74) is 10.8. The van der Waals surface area contributed by atoms with Crippen LogP contribution in [0.1, 0.15) is 73.1 Å². The first-order chi connectivity index (χ1) is 26.9. The van der Waals surface area contributed by atoms with Gasteiger partial charge in [-0.3, -0.25) is 43.2 Å². The highest BCUT2D eigenvalue weighted by molar-refractivity contribution is 5.98. The Kier molecular flexibility index (Phi) is 20.7. The van der Waals surface area contributed by atoms with Gasteiger partial charge < -0.3 is 73.8 Å². The molecule has 10 atom stereocenters. The van der Waals surface area contributed by atoms with Gasteiger partial charge in [-0.25, -0.2) is 4.79 Å². The van der Waals surface area contributed by atoms with E-state index in [0.29, 0.717) is 0 Å². The van der Waals surface area contributed by atoms with Crippen molar-refractivity contribution in [1.82, 2.24) is 36.8 Å². The molecule has 0 saturated carbocycles. The van der Waals surface area contributed by atoms with Crippen molar-refractivity contribution in [1.29, 1.82) is 0 Å². The molecule has 1 aliphatic rings. The Morgan fingerprint density at radius 3 is 1.76 bits per heavy atom. The van der Waals surface area contributed by atoms with Crippen molar-refractivity contribution in [2.24, 2.45) is 17.4 Å². The third-order valence-corrected chi connectivity index (χ3v) is 8.91. The number of aliphatic hydroxyl groups excluding tert-OH is 3. The molecule has 8 amide bonds. The van der Waals surface area contributed by atoms with Crippen molar-refractivity contribution in [3.63, 3.8) is 0 Å². The molecule has 1 heterocycles. The second kappa shape index (κ2) is 23.7. The van der Waals surface area contributed by atoms with Gasteiger partial charge in [-0.15, -0.1) is 0 Å². The summed E-state index contributed by atoms with van der Waals surface area (Å²) in [6, 6.07) is -12.3. The van der Waals surface area contributed by atoms with Crippen LogP contribution in [-0.2, 0) is 47.9 Å². The number of nitrogens with one attached hydrogen (secondary N) is 6. The highest BCUT2D eigenvalue weighted by Crippen LogP contribution is 2.20. The number of carboxylic acids is 2. The molecule has 0 aromatic carbocycles. The highest BCUT2D eigenvalue weighted by Gasteiger charge is 2.41. The average molecular weight is 832 g/mol. The number of hydrogen-bond donors (Lipinski definition) is 13. The molecule has 0 radical (unpaired) electrons. The molecule has 24 nitrogen and oxygen atoms in total. The zero-order chi connectivity index (χ0) is 44.6. The van der Waals surface area contributed by atoms with Crippen LogP contribution in [0.4, 0.5) is 0 Å². The van der Waals surface area contributed by atoms with Crippen LogP contribution in [0.25, 0.3) is 0 Å². The zero-order valence-electron chi connectivity index (χ0n) is 32.9. The van der Waals surface area contributed by atoms with Gasteiger partial charge >= 0.3 is 11.9 Å². The molecule has 0 unspecified atom stereocenters. The molecule has 15 N–H and O–H groups in total. The monoisotopic (exact) mass is 831 g/mol. The van der Waals surface area contributed by atoms with Gasteiger partial charge in [-0.1, -0.05) is 13.8 Å². The maximum atomic E-state index is 13.5. The Morgan fingerprint density at radius 2 is 1.26 bits per heavy atom. The van der Waals surface area contributed by atoms with Crippen LogP contribution in [0, 0.1) is 5.92 Å². The highest BCUT2D eigenvalue weighted by atomic mass is 16.4. The fraction of sp³-hybridized carbons (Fsp3) is 0.706. The number of rotatable bonds is 24. The van der Waals surface area contributed by atoms with E-state index in [9.17, 15) is 73.5 Å². The van der Waals surface area contributed by atoms with E-state index in [4.69, 9.17) is 11.5 Å². The van der Waals surface area contributed by atoms with E-state index in [-0.39, 0.29) is 31.7 Å². The van der Waals surface area contributed by atoms with Gasteiger partial charge in [0, 0.05) is 13.0 Å². The molecule has 0 aromatic heterocycles. The van der Waals surface area contributed by atoms with E-state index in [0.717, 1.165) is 11.8 Å². The number of carboxylic acid groups (broad SMARTS) is 2. The number of carbonyl (C=O) groups is 10. The lowest BCUT2D eigenvalue weighted by molar-refractivity contribution is -0.145. The van der Waals surface area contributed by atoms with E-state index in [1.165, 1.54) is 13.8 Å². The largest absolute Gasteiger partial charge is 0.481 e. The Hall–Kier alpha value is -5.46. The lowest BCUT2D eigenvalue weighted by atomic mass is 10.0. The van der Waals surface area contributed by atoms with Crippen LogP contribution in [0.5, 0.6) is 0 Å². The Balaban J connectivity index is 3.11. The van der Waals surface area contributed by atoms with Crippen LogP contribution >= 0.6 is 0 Å². The van der Waals surface area contributed by atoms with E-state index in [2.05, 4.69) is 31.9 Å². The minimum Gasteiger partial charge on any atom is -0.481 e. The predicted octanol–water partition coefficient (Wildman–Crippen LogP) is -6.14. The number of hydrogen-bond acceptors (Lipinski definition) is 14. The van der Waals surface area contributed by atoms with Gasteiger partial charge in [0.15, 0.2) is 0 Å². The zero-order valence-corrected chi connectivity index (χ0v) is 32.9. The maximum absolute atomic E-state index is 13.5. The number of nitrogens with zero attached hydrogens (tertiary/aromatic N) is 1. The number of primary amides is 1. The molecule has 328 valence electrons. The third kappa shape index (κ3) is 16.2. The summed E-state index contributed by atoms with van der Waals surface area (Å²) < 4.78 is 0. The summed E-state index contributed by atoms with van der Waals surface area (Å²) in [4.78, 5) is 127. The van der Waals surface area contributed by atoms with Crippen LogP contribution in [0.3, 0.4) is 0 Å². The van der Waals surface area contributed by atoms with Crippen molar-refractivity contribution in [3.05, 3.63) is 0 Å². The van der Waals surface area contributed by atoms with Crippen molar-refractivity contribution < 1.29 is 73.5 Å². The van der Waals surface area contributed by atoms with Gasteiger partial charge in [-0.2, -0.15) is 0 Å². The molecule has 58 heavy (non-hydrogen) atoms. The maximum Gasteiger partial charge on any atom is 0.326 e. The molecule has 24 heteroatoms.